The molecule has 9 heteroatoms. The molecule has 1 unspecified atom stereocenters. The third-order valence-electron chi connectivity index (χ3n) is 5.79. The van der Waals surface area contributed by atoms with Crippen molar-refractivity contribution >= 4 is 28.2 Å². The van der Waals surface area contributed by atoms with Crippen LogP contribution in [0.4, 0.5) is 11.4 Å². The lowest BCUT2D eigenvalue weighted by atomic mass is 9.95. The van der Waals surface area contributed by atoms with Crippen LogP contribution in [0, 0.1) is 0 Å². The van der Waals surface area contributed by atoms with Crippen LogP contribution in [-0.2, 0) is 22.3 Å². The van der Waals surface area contributed by atoms with E-state index in [1.54, 1.807) is 19.4 Å². The molecule has 31 heavy (non-hydrogen) atoms. The van der Waals surface area contributed by atoms with E-state index in [-0.39, 0.29) is 11.4 Å². The molecule has 0 saturated heterocycles. The molecule has 2 aromatic rings. The number of aliphatic imine (C=N–C) groups is 1. The summed E-state index contributed by atoms with van der Waals surface area (Å²) in [5.74, 6) is 0.162. The number of hydrogen-bond donors (Lipinski definition) is 3. The number of ether oxygens (including phenoxy) is 1. The number of pyridine rings is 1. The third kappa shape index (κ3) is 4.89. The Morgan fingerprint density at radius 3 is 2.90 bits per heavy atom. The lowest BCUT2D eigenvalue weighted by Crippen LogP contribution is -2.29. The molecule has 0 bridgehead atoms. The first-order chi connectivity index (χ1) is 15.1. The Hall–Kier alpha value is -2.49. The Kier molecular flexibility index (Phi) is 6.84. The third-order valence-corrected chi connectivity index (χ3v) is 7.34. The Bertz CT molecular complexity index is 1050. The van der Waals surface area contributed by atoms with E-state index in [0.717, 1.165) is 23.3 Å². The first kappa shape index (κ1) is 21.7. The molecular formula is C22H29N5O3S. The molecule has 1 fully saturated rings. The average Bonchev–Trinajstić information content (AvgIpc) is 3.08. The second kappa shape index (κ2) is 9.76. The maximum atomic E-state index is 12.6. The number of aromatic amines is 1. The van der Waals surface area contributed by atoms with Crippen molar-refractivity contribution in [2.75, 3.05) is 25.6 Å². The van der Waals surface area contributed by atoms with Crippen LogP contribution < -0.4 is 16.6 Å². The Labute approximate surface area is 184 Å². The number of hydrogen-bond acceptors (Lipinski definition) is 5. The van der Waals surface area contributed by atoms with Crippen molar-refractivity contribution in [3.63, 3.8) is 0 Å². The van der Waals surface area contributed by atoms with E-state index in [0.29, 0.717) is 42.7 Å². The topological polar surface area (TPSA) is 113 Å². The molecule has 4 rings (SSSR count). The number of rotatable bonds is 7. The van der Waals surface area contributed by atoms with Crippen LogP contribution >= 0.6 is 0 Å². The number of benzene rings is 1. The average molecular weight is 444 g/mol. The van der Waals surface area contributed by atoms with E-state index in [4.69, 9.17) is 10.5 Å². The number of anilines is 1. The maximum absolute atomic E-state index is 12.6. The van der Waals surface area contributed by atoms with Crippen molar-refractivity contribution < 1.29 is 8.95 Å². The molecule has 0 spiro atoms. The van der Waals surface area contributed by atoms with Gasteiger partial charge in [0.2, 0.25) is 0 Å². The zero-order valence-corrected chi connectivity index (χ0v) is 18.5. The molecule has 166 valence electrons. The molecule has 1 aromatic carbocycles. The number of fused-ring (bicyclic) bond motifs is 1. The van der Waals surface area contributed by atoms with Gasteiger partial charge in [0.1, 0.15) is 22.4 Å². The van der Waals surface area contributed by atoms with Crippen molar-refractivity contribution in [2.24, 2.45) is 10.7 Å². The summed E-state index contributed by atoms with van der Waals surface area (Å²) in [4.78, 5) is 20.6. The second-order valence-corrected chi connectivity index (χ2v) is 9.42. The standard InChI is InChI=1S/C22H29N5O3S/c1-30-12-11-27-14-15-13-17(7-8-19(15)31(27)29)26-21(23)20-18(9-10-24-22(20)28)25-16-5-3-2-4-6-16/h7-10,13,16H,2-6,11-12,14H2,1H3,(H2,23,26)(H2,24,25,28). The fourth-order valence-corrected chi connectivity index (χ4v) is 5.49. The van der Waals surface area contributed by atoms with Crippen LogP contribution in [0.15, 0.2) is 45.1 Å². The van der Waals surface area contributed by atoms with Crippen LogP contribution in [0.1, 0.15) is 43.2 Å². The van der Waals surface area contributed by atoms with Gasteiger partial charge in [0, 0.05) is 32.4 Å². The summed E-state index contributed by atoms with van der Waals surface area (Å²) < 4.78 is 19.6. The van der Waals surface area contributed by atoms with Crippen LogP contribution in [0.3, 0.4) is 0 Å². The van der Waals surface area contributed by atoms with Gasteiger partial charge in [0.25, 0.3) is 5.56 Å². The zero-order chi connectivity index (χ0) is 21.8. The van der Waals surface area contributed by atoms with E-state index in [1.165, 1.54) is 19.3 Å². The van der Waals surface area contributed by atoms with Crippen LogP contribution in [0.2, 0.25) is 0 Å². The first-order valence-electron chi connectivity index (χ1n) is 10.7. The molecule has 1 saturated carbocycles. The number of nitrogens with zero attached hydrogens (tertiary/aromatic N) is 2. The van der Waals surface area contributed by atoms with Crippen LogP contribution in [0.25, 0.3) is 0 Å². The summed E-state index contributed by atoms with van der Waals surface area (Å²) in [6.45, 7) is 1.67. The van der Waals surface area contributed by atoms with Crippen LogP contribution in [-0.4, -0.2) is 45.6 Å². The summed E-state index contributed by atoms with van der Waals surface area (Å²) in [6.07, 6.45) is 7.45. The van der Waals surface area contributed by atoms with E-state index in [1.807, 2.05) is 22.5 Å². The van der Waals surface area contributed by atoms with Crippen molar-refractivity contribution in [1.82, 2.24) is 9.29 Å². The van der Waals surface area contributed by atoms with E-state index >= 15 is 0 Å². The summed E-state index contributed by atoms with van der Waals surface area (Å²) in [6, 6.07) is 7.68. The molecular weight excluding hydrogens is 414 g/mol. The highest BCUT2D eigenvalue weighted by Crippen LogP contribution is 2.30. The molecule has 1 aliphatic heterocycles. The molecule has 2 aliphatic rings. The Morgan fingerprint density at radius 2 is 2.13 bits per heavy atom. The number of aromatic nitrogens is 1. The predicted molar refractivity (Wildman–Crippen MR) is 123 cm³/mol. The van der Waals surface area contributed by atoms with Crippen molar-refractivity contribution in [1.29, 1.82) is 0 Å². The molecule has 8 nitrogen and oxygen atoms in total. The van der Waals surface area contributed by atoms with Gasteiger partial charge >= 0.3 is 0 Å². The van der Waals surface area contributed by atoms with Gasteiger partial charge < -0.3 is 20.8 Å². The summed E-state index contributed by atoms with van der Waals surface area (Å²) >= 11 is 0. The molecule has 4 N–H and O–H groups in total. The quantitative estimate of drug-likeness (QED) is 0.450. The molecule has 1 aliphatic carbocycles. The van der Waals surface area contributed by atoms with Crippen molar-refractivity contribution in [2.45, 2.75) is 49.6 Å². The molecule has 1 aromatic heterocycles. The minimum atomic E-state index is -1.20. The summed E-state index contributed by atoms with van der Waals surface area (Å²) in [5.41, 5.74) is 8.69. The number of amidine groups is 1. The summed E-state index contributed by atoms with van der Waals surface area (Å²) in [5, 5.41) is 3.49. The summed E-state index contributed by atoms with van der Waals surface area (Å²) in [7, 11) is 0.432. The Morgan fingerprint density at radius 1 is 1.32 bits per heavy atom. The zero-order valence-electron chi connectivity index (χ0n) is 17.7. The van der Waals surface area contributed by atoms with Gasteiger partial charge in [0.05, 0.1) is 22.9 Å². The normalized spacial score (nSPS) is 20.0. The fourth-order valence-electron chi connectivity index (χ4n) is 4.19. The van der Waals surface area contributed by atoms with Gasteiger partial charge in [-0.3, -0.25) is 4.79 Å². The fraction of sp³-hybridized carbons (Fsp3) is 0.455. The molecule has 0 radical (unpaired) electrons. The smallest absolute Gasteiger partial charge is 0.261 e. The Balaban J connectivity index is 1.58. The molecule has 0 amide bonds. The van der Waals surface area contributed by atoms with Gasteiger partial charge in [-0.25, -0.2) is 13.5 Å². The maximum Gasteiger partial charge on any atom is 0.261 e. The number of nitrogens with two attached hydrogens (primary N) is 1. The van der Waals surface area contributed by atoms with Crippen LogP contribution in [0.5, 0.6) is 0 Å². The van der Waals surface area contributed by atoms with Gasteiger partial charge in [-0.2, -0.15) is 0 Å². The van der Waals surface area contributed by atoms with Gasteiger partial charge in [-0.15, -0.1) is 0 Å². The lowest BCUT2D eigenvalue weighted by Gasteiger charge is -2.24. The highest BCUT2D eigenvalue weighted by molar-refractivity contribution is 7.83. The molecule has 1 atom stereocenters. The van der Waals surface area contributed by atoms with E-state index in [2.05, 4.69) is 15.3 Å². The van der Waals surface area contributed by atoms with Crippen molar-refractivity contribution in [3.8, 4) is 0 Å². The predicted octanol–water partition coefficient (Wildman–Crippen LogP) is 2.64. The minimum absolute atomic E-state index is 0.162. The first-order valence-corrected chi connectivity index (χ1v) is 11.8. The second-order valence-electron chi connectivity index (χ2n) is 7.97. The highest BCUT2D eigenvalue weighted by Gasteiger charge is 2.27. The lowest BCUT2D eigenvalue weighted by molar-refractivity contribution is 0.180. The van der Waals surface area contributed by atoms with Crippen molar-refractivity contribution in [3.05, 3.63) is 51.9 Å². The van der Waals surface area contributed by atoms with Gasteiger partial charge in [-0.05, 0) is 42.7 Å². The minimum Gasteiger partial charge on any atom is -0.383 e. The monoisotopic (exact) mass is 443 g/mol. The van der Waals surface area contributed by atoms with Gasteiger partial charge in [0.15, 0.2) is 0 Å². The largest absolute Gasteiger partial charge is 0.383 e. The number of nitrogens with one attached hydrogen (secondary N) is 2. The van der Waals surface area contributed by atoms with Gasteiger partial charge in [-0.1, -0.05) is 19.3 Å². The molecule has 2 heterocycles. The number of methoxy groups -OCH3 is 1. The van der Waals surface area contributed by atoms with E-state index < -0.39 is 11.0 Å². The SMILES string of the molecule is COCCN1Cc2cc(N=C(N)c3c(NC4CCCCC4)cc[nH]c3=O)ccc2S1=O. The highest BCUT2D eigenvalue weighted by atomic mass is 32.2. The number of H-pyrrole nitrogens is 1. The van der Waals surface area contributed by atoms with E-state index in [9.17, 15) is 9.00 Å².